The van der Waals surface area contributed by atoms with E-state index >= 15 is 0 Å². The summed E-state index contributed by atoms with van der Waals surface area (Å²) in [4.78, 5) is 41.3. The van der Waals surface area contributed by atoms with Crippen molar-refractivity contribution in [1.29, 1.82) is 0 Å². The number of nitrogens with one attached hydrogen (secondary N) is 2. The molecule has 29 heavy (non-hydrogen) atoms. The predicted octanol–water partition coefficient (Wildman–Crippen LogP) is 0.460. The number of rotatable bonds is 6. The second-order valence-electron chi connectivity index (χ2n) is 6.99. The molecule has 4 amide bonds. The Bertz CT molecular complexity index is 847. The van der Waals surface area contributed by atoms with Gasteiger partial charge < -0.3 is 15.0 Å². The van der Waals surface area contributed by atoms with Crippen LogP contribution in [0.1, 0.15) is 11.6 Å². The van der Waals surface area contributed by atoms with Crippen molar-refractivity contribution in [3.8, 4) is 0 Å². The maximum Gasteiger partial charge on any atom is 0.322 e. The minimum Gasteiger partial charge on any atom is -0.379 e. The third kappa shape index (κ3) is 3.91. The molecule has 1 aromatic heterocycles. The maximum absolute atomic E-state index is 13.2. The number of carbonyl (C=O) groups excluding carboxylic acids is 3. The number of morpholine rings is 1. The maximum atomic E-state index is 13.2. The van der Waals surface area contributed by atoms with E-state index in [1.165, 1.54) is 21.1 Å². The van der Waals surface area contributed by atoms with Crippen LogP contribution in [-0.2, 0) is 14.3 Å². The highest BCUT2D eigenvalue weighted by Crippen LogP contribution is 2.36. The highest BCUT2D eigenvalue weighted by atomic mass is 32.1. The van der Waals surface area contributed by atoms with E-state index in [9.17, 15) is 14.4 Å². The molecule has 1 fully saturated rings. The van der Waals surface area contributed by atoms with Gasteiger partial charge in [-0.25, -0.2) is 9.80 Å². The second-order valence-corrected chi connectivity index (χ2v) is 7.77. The lowest BCUT2D eigenvalue weighted by molar-refractivity contribution is -0.135. The molecule has 4 heterocycles. The quantitative estimate of drug-likeness (QED) is 0.656. The molecule has 0 spiro atoms. The van der Waals surface area contributed by atoms with Crippen LogP contribution in [0.15, 0.2) is 40.8 Å². The van der Waals surface area contributed by atoms with Gasteiger partial charge in [0, 0.05) is 19.6 Å². The molecule has 0 bridgehead atoms. The molecule has 3 aliphatic rings. The molecular weight excluding hydrogens is 394 g/mol. The largest absolute Gasteiger partial charge is 0.379 e. The molecule has 154 valence electrons. The lowest BCUT2D eigenvalue weighted by Crippen LogP contribution is -2.51. The minimum absolute atomic E-state index is 0.0737. The molecule has 10 heteroatoms. The molecule has 4 rings (SSSR count). The molecule has 1 aromatic rings. The van der Waals surface area contributed by atoms with Crippen LogP contribution in [0.4, 0.5) is 4.79 Å². The number of ether oxygens (including phenoxy) is 1. The summed E-state index contributed by atoms with van der Waals surface area (Å²) in [6, 6.07) is 1.11. The molecule has 1 atom stereocenters. The molecule has 9 nitrogen and oxygen atoms in total. The van der Waals surface area contributed by atoms with Crippen molar-refractivity contribution in [2.45, 2.75) is 6.04 Å². The van der Waals surface area contributed by atoms with Gasteiger partial charge in [0.05, 0.1) is 37.1 Å². The predicted molar refractivity (Wildman–Crippen MR) is 107 cm³/mol. The third-order valence-electron chi connectivity index (χ3n) is 5.11. The number of hydrogen-bond donors (Lipinski definition) is 2. The lowest BCUT2D eigenvalue weighted by Gasteiger charge is -2.32. The van der Waals surface area contributed by atoms with E-state index in [1.807, 2.05) is 16.8 Å². The van der Waals surface area contributed by atoms with Crippen molar-refractivity contribution in [1.82, 2.24) is 25.6 Å². The summed E-state index contributed by atoms with van der Waals surface area (Å²) in [6.45, 7) is 6.48. The Balaban J connectivity index is 1.52. The number of urea groups is 1. The fourth-order valence-corrected chi connectivity index (χ4v) is 4.43. The highest BCUT2D eigenvalue weighted by molar-refractivity contribution is 7.08. The van der Waals surface area contributed by atoms with Crippen molar-refractivity contribution in [2.24, 2.45) is 0 Å². The fourth-order valence-electron chi connectivity index (χ4n) is 3.75. The van der Waals surface area contributed by atoms with E-state index in [0.717, 1.165) is 5.56 Å². The Morgan fingerprint density at radius 3 is 2.86 bits per heavy atom. The molecule has 0 saturated carbocycles. The van der Waals surface area contributed by atoms with Crippen molar-refractivity contribution in [2.75, 3.05) is 45.9 Å². The number of thiophene rings is 1. The van der Waals surface area contributed by atoms with Crippen LogP contribution in [-0.4, -0.2) is 78.6 Å². The molecule has 0 unspecified atom stereocenters. The van der Waals surface area contributed by atoms with Gasteiger partial charge in [-0.1, -0.05) is 6.08 Å². The summed E-state index contributed by atoms with van der Waals surface area (Å²) in [5.41, 5.74) is 4.84. The van der Waals surface area contributed by atoms with Crippen molar-refractivity contribution >= 4 is 29.2 Å². The fraction of sp³-hybridized carbons (Fsp3) is 0.421. The molecule has 1 saturated heterocycles. The first-order valence-electron chi connectivity index (χ1n) is 9.44. The van der Waals surface area contributed by atoms with Crippen LogP contribution in [0.3, 0.4) is 0 Å². The van der Waals surface area contributed by atoms with E-state index in [0.29, 0.717) is 44.1 Å². The summed E-state index contributed by atoms with van der Waals surface area (Å²) in [7, 11) is 0. The molecule has 3 aliphatic heterocycles. The van der Waals surface area contributed by atoms with Crippen molar-refractivity contribution in [3.05, 3.63) is 46.3 Å². The standard InChI is InChI=1S/C19H23N5O4S/c1-2-4-24-14-10-22(11-15(25)21-23-5-7-28-8-6-23)18(26)16(14)17(20-19(24)27)13-3-9-29-12-13/h2-3,9,12,17H,1,4-8,10-11H2,(H,20,27)(H,21,25)/t17-/m0/s1. The zero-order valence-electron chi connectivity index (χ0n) is 15.9. The minimum atomic E-state index is -0.510. The Morgan fingerprint density at radius 2 is 2.17 bits per heavy atom. The first-order chi connectivity index (χ1) is 14.1. The summed E-state index contributed by atoms with van der Waals surface area (Å²) >= 11 is 1.50. The highest BCUT2D eigenvalue weighted by Gasteiger charge is 2.44. The van der Waals surface area contributed by atoms with Crippen LogP contribution in [0.25, 0.3) is 0 Å². The number of amides is 4. The van der Waals surface area contributed by atoms with Gasteiger partial charge in [0.2, 0.25) is 0 Å². The van der Waals surface area contributed by atoms with Crippen molar-refractivity contribution in [3.63, 3.8) is 0 Å². The van der Waals surface area contributed by atoms with E-state index in [2.05, 4.69) is 17.3 Å². The number of carbonyl (C=O) groups is 3. The molecule has 0 aromatic carbocycles. The first kappa shape index (κ1) is 19.6. The average Bonchev–Trinajstić information content (AvgIpc) is 3.34. The molecule has 0 radical (unpaired) electrons. The molecule has 2 N–H and O–H groups in total. The summed E-state index contributed by atoms with van der Waals surface area (Å²) in [6.07, 6.45) is 1.62. The van der Waals surface area contributed by atoms with Crippen molar-refractivity contribution < 1.29 is 19.1 Å². The van der Waals surface area contributed by atoms with E-state index < -0.39 is 6.04 Å². The van der Waals surface area contributed by atoms with E-state index in [4.69, 9.17) is 4.74 Å². The van der Waals surface area contributed by atoms with Gasteiger partial charge in [-0.15, -0.1) is 6.58 Å². The number of hydrogen-bond acceptors (Lipinski definition) is 6. The summed E-state index contributed by atoms with van der Waals surface area (Å²) in [5.74, 6) is -0.496. The van der Waals surface area contributed by atoms with E-state index in [-0.39, 0.29) is 30.9 Å². The molecular formula is C19H23N5O4S. The van der Waals surface area contributed by atoms with Crippen LogP contribution < -0.4 is 10.7 Å². The summed E-state index contributed by atoms with van der Waals surface area (Å²) in [5, 5.41) is 8.53. The second kappa shape index (κ2) is 8.36. The van der Waals surface area contributed by atoms with Gasteiger partial charge in [-0.3, -0.25) is 19.9 Å². The van der Waals surface area contributed by atoms with Crippen LogP contribution >= 0.6 is 11.3 Å². The Hall–Kier alpha value is -2.69. The summed E-state index contributed by atoms with van der Waals surface area (Å²) < 4.78 is 5.27. The normalized spacial score (nSPS) is 22.6. The number of hydrazine groups is 1. The lowest BCUT2D eigenvalue weighted by atomic mass is 9.98. The van der Waals surface area contributed by atoms with Gasteiger partial charge in [-0.2, -0.15) is 11.3 Å². The van der Waals surface area contributed by atoms with Gasteiger partial charge in [0.25, 0.3) is 11.8 Å². The monoisotopic (exact) mass is 417 g/mol. The zero-order chi connectivity index (χ0) is 20.4. The number of nitrogens with zero attached hydrogens (tertiary/aromatic N) is 3. The van der Waals surface area contributed by atoms with Crippen LogP contribution in [0, 0.1) is 0 Å². The Kier molecular flexibility index (Phi) is 5.65. The topological polar surface area (TPSA) is 94.2 Å². The van der Waals surface area contributed by atoms with Crippen LogP contribution in [0.5, 0.6) is 0 Å². The zero-order valence-corrected chi connectivity index (χ0v) is 16.7. The third-order valence-corrected chi connectivity index (χ3v) is 5.81. The smallest absolute Gasteiger partial charge is 0.322 e. The molecule has 0 aliphatic carbocycles. The van der Waals surface area contributed by atoms with Gasteiger partial charge in [-0.05, 0) is 22.4 Å². The SMILES string of the molecule is C=CCN1C(=O)N[C@@H](c2ccsc2)C2=C1CN(CC(=O)NN1CCOCC1)C2=O. The van der Waals surface area contributed by atoms with Gasteiger partial charge >= 0.3 is 6.03 Å². The van der Waals surface area contributed by atoms with Gasteiger partial charge in [0.15, 0.2) is 0 Å². The first-order valence-corrected chi connectivity index (χ1v) is 10.4. The Morgan fingerprint density at radius 1 is 1.38 bits per heavy atom. The van der Waals surface area contributed by atoms with E-state index in [1.54, 1.807) is 11.1 Å². The van der Waals surface area contributed by atoms with Crippen LogP contribution in [0.2, 0.25) is 0 Å². The Labute approximate surface area is 172 Å². The average molecular weight is 417 g/mol. The van der Waals surface area contributed by atoms with Gasteiger partial charge in [0.1, 0.15) is 6.54 Å².